The van der Waals surface area contributed by atoms with Gasteiger partial charge < -0.3 is 20.9 Å². The Balaban J connectivity index is 1.63. The molecule has 1 saturated carbocycles. The van der Waals surface area contributed by atoms with E-state index in [0.717, 1.165) is 23.5 Å². The number of H-pyrrole nitrogens is 1. The lowest BCUT2D eigenvalue weighted by Gasteiger charge is -2.15. The molecule has 0 spiro atoms. The molecule has 1 aromatic carbocycles. The lowest BCUT2D eigenvalue weighted by Crippen LogP contribution is -2.33. The summed E-state index contributed by atoms with van der Waals surface area (Å²) in [5, 5.41) is 3.88. The Morgan fingerprint density at radius 3 is 3.05 bits per heavy atom. The van der Waals surface area contributed by atoms with Crippen molar-refractivity contribution in [2.45, 2.75) is 18.9 Å². The number of likely N-dealkylation sites (N-methyl/N-ethyl adjacent to an activating group) is 1. The summed E-state index contributed by atoms with van der Waals surface area (Å²) in [6.45, 7) is 1.57. The maximum atomic E-state index is 12.2. The van der Waals surface area contributed by atoms with Crippen LogP contribution in [0.5, 0.6) is 0 Å². The van der Waals surface area contributed by atoms with Gasteiger partial charge in [-0.15, -0.1) is 0 Å². The molecule has 0 radical (unpaired) electrons. The Kier molecular flexibility index (Phi) is 3.36. The van der Waals surface area contributed by atoms with Crippen LogP contribution in [0.1, 0.15) is 23.2 Å². The summed E-state index contributed by atoms with van der Waals surface area (Å²) in [6, 6.07) is 6.26. The molecule has 20 heavy (non-hydrogen) atoms. The number of nitrogens with zero attached hydrogens (tertiary/aromatic N) is 1. The zero-order valence-corrected chi connectivity index (χ0v) is 11.6. The summed E-state index contributed by atoms with van der Waals surface area (Å²) in [7, 11) is 2.11. The molecule has 1 fully saturated rings. The highest BCUT2D eigenvalue weighted by Gasteiger charge is 2.25. The van der Waals surface area contributed by atoms with Gasteiger partial charge in [0.1, 0.15) is 0 Å². The molecule has 106 valence electrons. The second-order valence-electron chi connectivity index (χ2n) is 5.48. The van der Waals surface area contributed by atoms with Crippen LogP contribution in [0.15, 0.2) is 24.4 Å². The fraction of sp³-hybridized carbons (Fsp3) is 0.400. The number of aromatic amines is 1. The number of nitrogens with two attached hydrogens (primary N) is 1. The molecule has 1 heterocycles. The Labute approximate surface area is 118 Å². The van der Waals surface area contributed by atoms with Crippen molar-refractivity contribution in [1.29, 1.82) is 0 Å². The molecule has 0 unspecified atom stereocenters. The topological polar surface area (TPSA) is 74.2 Å². The van der Waals surface area contributed by atoms with E-state index < -0.39 is 0 Å². The lowest BCUT2D eigenvalue weighted by atomic mass is 10.1. The molecule has 3 rings (SSSR count). The highest BCUT2D eigenvalue weighted by Crippen LogP contribution is 2.24. The van der Waals surface area contributed by atoms with Gasteiger partial charge in [-0.3, -0.25) is 4.79 Å². The quantitative estimate of drug-likeness (QED) is 0.723. The van der Waals surface area contributed by atoms with E-state index in [1.807, 2.05) is 18.2 Å². The van der Waals surface area contributed by atoms with Crippen LogP contribution in [0.4, 0.5) is 5.69 Å². The van der Waals surface area contributed by atoms with Crippen LogP contribution in [0.25, 0.3) is 10.9 Å². The van der Waals surface area contributed by atoms with Crippen LogP contribution in [0.3, 0.4) is 0 Å². The van der Waals surface area contributed by atoms with Gasteiger partial charge in [-0.1, -0.05) is 0 Å². The Hall–Kier alpha value is -2.01. The number of hydrogen-bond acceptors (Lipinski definition) is 3. The van der Waals surface area contributed by atoms with Crippen molar-refractivity contribution < 1.29 is 4.79 Å². The van der Waals surface area contributed by atoms with E-state index in [2.05, 4.69) is 22.2 Å². The van der Waals surface area contributed by atoms with Gasteiger partial charge in [0, 0.05) is 41.9 Å². The zero-order valence-electron chi connectivity index (χ0n) is 11.6. The van der Waals surface area contributed by atoms with Gasteiger partial charge in [0.2, 0.25) is 0 Å². The monoisotopic (exact) mass is 272 g/mol. The molecular weight excluding hydrogens is 252 g/mol. The molecule has 2 aromatic rings. The van der Waals surface area contributed by atoms with Crippen LogP contribution in [0.2, 0.25) is 0 Å². The van der Waals surface area contributed by atoms with Crippen LogP contribution in [0, 0.1) is 0 Å². The van der Waals surface area contributed by atoms with Gasteiger partial charge in [0.15, 0.2) is 0 Å². The molecule has 5 heteroatoms. The van der Waals surface area contributed by atoms with Gasteiger partial charge in [-0.2, -0.15) is 0 Å². The molecule has 1 aliphatic carbocycles. The van der Waals surface area contributed by atoms with Gasteiger partial charge in [0.25, 0.3) is 5.91 Å². The molecule has 0 aliphatic heterocycles. The van der Waals surface area contributed by atoms with Gasteiger partial charge >= 0.3 is 0 Å². The van der Waals surface area contributed by atoms with Crippen molar-refractivity contribution in [2.75, 3.05) is 25.9 Å². The van der Waals surface area contributed by atoms with Crippen molar-refractivity contribution in [3.8, 4) is 0 Å². The van der Waals surface area contributed by atoms with E-state index in [4.69, 9.17) is 5.73 Å². The van der Waals surface area contributed by atoms with Crippen LogP contribution in [-0.4, -0.2) is 42.0 Å². The minimum Gasteiger partial charge on any atom is -0.399 e. The first kappa shape index (κ1) is 13.0. The summed E-state index contributed by atoms with van der Waals surface area (Å²) in [5.41, 5.74) is 7.99. The predicted octanol–water partition coefficient (Wildman–Crippen LogP) is 1.57. The van der Waals surface area contributed by atoms with Crippen LogP contribution < -0.4 is 11.1 Å². The van der Waals surface area contributed by atoms with Crippen molar-refractivity contribution in [1.82, 2.24) is 15.2 Å². The van der Waals surface area contributed by atoms with E-state index in [0.29, 0.717) is 17.8 Å². The summed E-state index contributed by atoms with van der Waals surface area (Å²) >= 11 is 0. The molecule has 0 saturated heterocycles. The third-order valence-corrected chi connectivity index (χ3v) is 3.87. The second kappa shape index (κ2) is 5.17. The molecule has 1 aromatic heterocycles. The first-order chi connectivity index (χ1) is 9.65. The van der Waals surface area contributed by atoms with Crippen LogP contribution >= 0.6 is 0 Å². The Bertz CT molecular complexity index is 630. The van der Waals surface area contributed by atoms with Crippen molar-refractivity contribution >= 4 is 22.5 Å². The van der Waals surface area contributed by atoms with Crippen molar-refractivity contribution in [2.24, 2.45) is 0 Å². The highest BCUT2D eigenvalue weighted by atomic mass is 16.1. The summed E-state index contributed by atoms with van der Waals surface area (Å²) in [5.74, 6) is -0.0368. The molecule has 1 amide bonds. The maximum Gasteiger partial charge on any atom is 0.253 e. The minimum atomic E-state index is -0.0368. The fourth-order valence-corrected chi connectivity index (χ4v) is 2.47. The Morgan fingerprint density at radius 2 is 2.30 bits per heavy atom. The number of fused-ring (bicyclic) bond motifs is 1. The van der Waals surface area contributed by atoms with E-state index in [9.17, 15) is 4.79 Å². The minimum absolute atomic E-state index is 0.0368. The number of carbonyl (C=O) groups excluding carboxylic acids is 1. The largest absolute Gasteiger partial charge is 0.399 e. The van der Waals surface area contributed by atoms with E-state index in [1.165, 1.54) is 12.8 Å². The lowest BCUT2D eigenvalue weighted by molar-refractivity contribution is 0.0951. The summed E-state index contributed by atoms with van der Waals surface area (Å²) in [4.78, 5) is 17.6. The number of aromatic nitrogens is 1. The highest BCUT2D eigenvalue weighted by molar-refractivity contribution is 6.07. The molecular formula is C15H20N4O. The molecule has 1 aliphatic rings. The number of nitrogen functional groups attached to an aromatic ring is 1. The fourth-order valence-electron chi connectivity index (χ4n) is 2.47. The molecule has 0 atom stereocenters. The maximum absolute atomic E-state index is 12.2. The first-order valence-corrected chi connectivity index (χ1v) is 7.00. The second-order valence-corrected chi connectivity index (χ2v) is 5.48. The third kappa shape index (κ3) is 2.63. The van der Waals surface area contributed by atoms with Crippen molar-refractivity contribution in [3.05, 3.63) is 30.0 Å². The van der Waals surface area contributed by atoms with Crippen LogP contribution in [-0.2, 0) is 0 Å². The number of hydrogen-bond donors (Lipinski definition) is 3. The van der Waals surface area contributed by atoms with E-state index in [1.54, 1.807) is 6.20 Å². The first-order valence-electron chi connectivity index (χ1n) is 7.00. The standard InChI is InChI=1S/C15H20N4O/c1-19(11-3-4-11)7-6-17-15(20)13-9-18-14-8-10(16)2-5-12(13)14/h2,5,8-9,11,18H,3-4,6-7,16H2,1H3,(H,17,20). The normalized spacial score (nSPS) is 14.9. The number of benzene rings is 1. The number of nitrogens with one attached hydrogen (secondary N) is 2. The number of amides is 1. The molecule has 5 nitrogen and oxygen atoms in total. The molecule has 4 N–H and O–H groups in total. The number of anilines is 1. The smallest absolute Gasteiger partial charge is 0.253 e. The molecule has 0 bridgehead atoms. The zero-order chi connectivity index (χ0) is 14.1. The van der Waals surface area contributed by atoms with Gasteiger partial charge in [-0.05, 0) is 38.1 Å². The number of rotatable bonds is 5. The van der Waals surface area contributed by atoms with Crippen molar-refractivity contribution in [3.63, 3.8) is 0 Å². The van der Waals surface area contributed by atoms with Gasteiger partial charge in [-0.25, -0.2) is 0 Å². The SMILES string of the molecule is CN(CCNC(=O)c1c[nH]c2cc(N)ccc12)C1CC1. The Morgan fingerprint density at radius 1 is 1.50 bits per heavy atom. The predicted molar refractivity (Wildman–Crippen MR) is 80.7 cm³/mol. The average Bonchev–Trinajstić information content (AvgIpc) is 3.19. The third-order valence-electron chi connectivity index (χ3n) is 3.87. The summed E-state index contributed by atoms with van der Waals surface area (Å²) in [6.07, 6.45) is 4.31. The van der Waals surface area contributed by atoms with E-state index >= 15 is 0 Å². The van der Waals surface area contributed by atoms with E-state index in [-0.39, 0.29) is 5.91 Å². The average molecular weight is 272 g/mol. The van der Waals surface area contributed by atoms with Gasteiger partial charge in [0.05, 0.1) is 5.56 Å². The summed E-state index contributed by atoms with van der Waals surface area (Å²) < 4.78 is 0. The number of carbonyl (C=O) groups is 1.